The van der Waals surface area contributed by atoms with Crippen molar-refractivity contribution >= 4 is 17.5 Å². The van der Waals surface area contributed by atoms with Gasteiger partial charge in [0.05, 0.1) is 18.5 Å². The van der Waals surface area contributed by atoms with E-state index in [0.717, 1.165) is 12.8 Å². The number of nitrogen functional groups attached to an aromatic ring is 1. The number of ether oxygens (including phenoxy) is 1. The molecule has 0 spiro atoms. The monoisotopic (exact) mass is 277 g/mol. The molecule has 2 N–H and O–H groups in total. The fourth-order valence-corrected chi connectivity index (χ4v) is 2.88. The number of piperidine rings is 1. The Labute approximate surface area is 120 Å². The lowest BCUT2D eigenvalue weighted by Gasteiger charge is -2.40. The van der Waals surface area contributed by atoms with E-state index >= 15 is 0 Å². The molecule has 1 aromatic heterocycles. The first-order valence-corrected chi connectivity index (χ1v) is 7.25. The van der Waals surface area contributed by atoms with Crippen LogP contribution in [-0.4, -0.2) is 29.6 Å². The van der Waals surface area contributed by atoms with E-state index in [9.17, 15) is 4.79 Å². The van der Waals surface area contributed by atoms with Gasteiger partial charge in [0.1, 0.15) is 11.4 Å². The van der Waals surface area contributed by atoms with Gasteiger partial charge < -0.3 is 15.4 Å². The Morgan fingerprint density at radius 2 is 2.10 bits per heavy atom. The van der Waals surface area contributed by atoms with Gasteiger partial charge in [-0.05, 0) is 46.1 Å². The van der Waals surface area contributed by atoms with Gasteiger partial charge in [0.25, 0.3) is 0 Å². The van der Waals surface area contributed by atoms with Gasteiger partial charge in [-0.3, -0.25) is 0 Å². The van der Waals surface area contributed by atoms with Gasteiger partial charge in [0.15, 0.2) is 0 Å². The minimum absolute atomic E-state index is 0.345. The third kappa shape index (κ3) is 2.86. The molecule has 2 heterocycles. The summed E-state index contributed by atoms with van der Waals surface area (Å²) in [7, 11) is 0. The highest BCUT2D eigenvalue weighted by Gasteiger charge is 2.29. The summed E-state index contributed by atoms with van der Waals surface area (Å²) in [4.78, 5) is 18.8. The van der Waals surface area contributed by atoms with Crippen molar-refractivity contribution in [1.29, 1.82) is 0 Å². The maximum absolute atomic E-state index is 12.1. The molecule has 1 aliphatic heterocycles. The van der Waals surface area contributed by atoms with Gasteiger partial charge in [0.2, 0.25) is 0 Å². The number of carbonyl (C=O) groups is 1. The highest BCUT2D eigenvalue weighted by atomic mass is 16.5. The van der Waals surface area contributed by atoms with Crippen LogP contribution < -0.4 is 10.6 Å². The Morgan fingerprint density at radius 1 is 1.45 bits per heavy atom. The van der Waals surface area contributed by atoms with Crippen LogP contribution in [0.3, 0.4) is 0 Å². The number of anilines is 2. The molecule has 1 fully saturated rings. The summed E-state index contributed by atoms with van der Waals surface area (Å²) < 4.78 is 5.12. The summed E-state index contributed by atoms with van der Waals surface area (Å²) >= 11 is 0. The zero-order chi connectivity index (χ0) is 14.7. The maximum atomic E-state index is 12.1. The lowest BCUT2D eigenvalue weighted by molar-refractivity contribution is 0.0526. The standard InChI is InChI=1S/C15H23N3O2/c1-4-20-15(19)13-8-12(16)9-17-14(13)18-10(2)6-5-7-11(18)3/h8-11H,4-7,16H2,1-3H3/t10-,11+. The molecule has 0 amide bonds. The molecular formula is C15H23N3O2. The maximum Gasteiger partial charge on any atom is 0.341 e. The Hall–Kier alpha value is -1.78. The Morgan fingerprint density at radius 3 is 2.70 bits per heavy atom. The summed E-state index contributed by atoms with van der Waals surface area (Å²) in [5.41, 5.74) is 6.72. The number of hydrogen-bond donors (Lipinski definition) is 1. The van der Waals surface area contributed by atoms with Crippen LogP contribution in [0.2, 0.25) is 0 Å². The SMILES string of the molecule is CCOC(=O)c1cc(N)cnc1N1[C@H](C)CCC[C@@H]1C. The lowest BCUT2D eigenvalue weighted by atomic mass is 9.97. The van der Waals surface area contributed by atoms with Crippen LogP contribution >= 0.6 is 0 Å². The Bertz CT molecular complexity index is 480. The van der Waals surface area contributed by atoms with E-state index in [4.69, 9.17) is 10.5 Å². The van der Waals surface area contributed by atoms with Crippen LogP contribution in [0.5, 0.6) is 0 Å². The molecule has 1 aliphatic rings. The molecule has 110 valence electrons. The molecule has 1 saturated heterocycles. The van der Waals surface area contributed by atoms with Crippen LogP contribution in [0.1, 0.15) is 50.4 Å². The number of pyridine rings is 1. The van der Waals surface area contributed by atoms with Crippen molar-refractivity contribution in [3.8, 4) is 0 Å². The number of nitrogens with zero attached hydrogens (tertiary/aromatic N) is 2. The Balaban J connectivity index is 2.41. The normalized spacial score (nSPS) is 22.6. The molecule has 0 saturated carbocycles. The summed E-state index contributed by atoms with van der Waals surface area (Å²) in [5.74, 6) is 0.338. The second-order valence-electron chi connectivity index (χ2n) is 5.40. The van der Waals surface area contributed by atoms with Crippen molar-refractivity contribution in [3.05, 3.63) is 17.8 Å². The molecule has 0 aromatic carbocycles. The van der Waals surface area contributed by atoms with Crippen molar-refractivity contribution in [2.45, 2.75) is 52.1 Å². The van der Waals surface area contributed by atoms with Gasteiger partial charge in [-0.25, -0.2) is 9.78 Å². The molecule has 5 heteroatoms. The highest BCUT2D eigenvalue weighted by Crippen LogP contribution is 2.31. The second kappa shape index (κ2) is 6.11. The average Bonchev–Trinajstić information content (AvgIpc) is 2.40. The van der Waals surface area contributed by atoms with Crippen LogP contribution in [-0.2, 0) is 4.74 Å². The number of nitrogens with two attached hydrogens (primary N) is 1. The van der Waals surface area contributed by atoms with E-state index in [1.54, 1.807) is 19.2 Å². The van der Waals surface area contributed by atoms with Gasteiger partial charge in [-0.2, -0.15) is 0 Å². The van der Waals surface area contributed by atoms with E-state index in [-0.39, 0.29) is 5.97 Å². The fraction of sp³-hybridized carbons (Fsp3) is 0.600. The molecule has 2 rings (SSSR count). The first-order valence-electron chi connectivity index (χ1n) is 7.25. The highest BCUT2D eigenvalue weighted by molar-refractivity contribution is 5.95. The zero-order valence-corrected chi connectivity index (χ0v) is 12.4. The van der Waals surface area contributed by atoms with E-state index in [2.05, 4.69) is 23.7 Å². The van der Waals surface area contributed by atoms with E-state index in [1.165, 1.54) is 6.42 Å². The van der Waals surface area contributed by atoms with Crippen LogP contribution in [0.25, 0.3) is 0 Å². The molecule has 2 atom stereocenters. The fourth-order valence-electron chi connectivity index (χ4n) is 2.88. The van der Waals surface area contributed by atoms with Gasteiger partial charge in [-0.15, -0.1) is 0 Å². The number of hydrogen-bond acceptors (Lipinski definition) is 5. The summed E-state index contributed by atoms with van der Waals surface area (Å²) in [6.07, 6.45) is 5.03. The predicted molar refractivity (Wildman–Crippen MR) is 79.9 cm³/mol. The third-order valence-corrected chi connectivity index (χ3v) is 3.82. The summed E-state index contributed by atoms with van der Waals surface area (Å²) in [6, 6.07) is 2.39. The molecule has 0 radical (unpaired) electrons. The van der Waals surface area contributed by atoms with Crippen LogP contribution in [0.15, 0.2) is 12.3 Å². The number of esters is 1. The predicted octanol–water partition coefficient (Wildman–Crippen LogP) is 2.61. The molecule has 0 unspecified atom stereocenters. The number of aromatic nitrogens is 1. The molecule has 1 aromatic rings. The largest absolute Gasteiger partial charge is 0.462 e. The zero-order valence-electron chi connectivity index (χ0n) is 12.4. The third-order valence-electron chi connectivity index (χ3n) is 3.82. The first kappa shape index (κ1) is 14.6. The second-order valence-corrected chi connectivity index (χ2v) is 5.40. The minimum Gasteiger partial charge on any atom is -0.462 e. The number of rotatable bonds is 3. The molecule has 0 bridgehead atoms. The van der Waals surface area contributed by atoms with E-state index in [1.807, 2.05) is 0 Å². The van der Waals surface area contributed by atoms with E-state index in [0.29, 0.717) is 35.8 Å². The number of carbonyl (C=O) groups excluding carboxylic acids is 1. The van der Waals surface area contributed by atoms with Gasteiger partial charge in [0, 0.05) is 12.1 Å². The van der Waals surface area contributed by atoms with Gasteiger partial charge in [-0.1, -0.05) is 0 Å². The van der Waals surface area contributed by atoms with Crippen LogP contribution in [0, 0.1) is 0 Å². The van der Waals surface area contributed by atoms with Crippen molar-refractivity contribution in [1.82, 2.24) is 4.98 Å². The van der Waals surface area contributed by atoms with Crippen molar-refractivity contribution in [3.63, 3.8) is 0 Å². The van der Waals surface area contributed by atoms with Crippen molar-refractivity contribution in [2.24, 2.45) is 0 Å². The quantitative estimate of drug-likeness (QED) is 0.860. The van der Waals surface area contributed by atoms with Crippen molar-refractivity contribution < 1.29 is 9.53 Å². The molecule has 20 heavy (non-hydrogen) atoms. The van der Waals surface area contributed by atoms with Gasteiger partial charge >= 0.3 is 5.97 Å². The van der Waals surface area contributed by atoms with Crippen molar-refractivity contribution in [2.75, 3.05) is 17.2 Å². The first-order chi connectivity index (χ1) is 9.54. The summed E-state index contributed by atoms with van der Waals surface area (Å²) in [5, 5.41) is 0. The smallest absolute Gasteiger partial charge is 0.341 e. The molecule has 0 aliphatic carbocycles. The molecule has 5 nitrogen and oxygen atoms in total. The topological polar surface area (TPSA) is 68.5 Å². The average molecular weight is 277 g/mol. The summed E-state index contributed by atoms with van der Waals surface area (Å²) in [6.45, 7) is 6.48. The van der Waals surface area contributed by atoms with Crippen LogP contribution in [0.4, 0.5) is 11.5 Å². The lowest BCUT2D eigenvalue weighted by Crippen LogP contribution is -2.45. The Kier molecular flexibility index (Phi) is 4.47. The molecular weight excluding hydrogens is 254 g/mol. The minimum atomic E-state index is -0.354. The van der Waals surface area contributed by atoms with E-state index < -0.39 is 0 Å².